The number of anilines is 1. The van der Waals surface area contributed by atoms with Crippen LogP contribution in [0.4, 0.5) is 11.4 Å². The van der Waals surface area contributed by atoms with Crippen LogP contribution in [0.1, 0.15) is 10.4 Å². The van der Waals surface area contributed by atoms with Gasteiger partial charge in [0.25, 0.3) is 11.6 Å². The number of amides is 1. The summed E-state index contributed by atoms with van der Waals surface area (Å²) in [5, 5.41) is 16.1. The van der Waals surface area contributed by atoms with E-state index in [4.69, 9.17) is 12.2 Å². The Hall–Kier alpha value is -1.84. The predicted octanol–water partition coefficient (Wildman–Crippen LogP) is 4.25. The second-order valence-electron chi connectivity index (χ2n) is 4.34. The number of nitro groups is 1. The molecule has 0 saturated carbocycles. The standard InChI is InChI=1S/C14H9Br2N3O3S/c15-9-3-1-8(2-4-9)13(20)18-14(23)17-12-6-5-10(19(21)22)7-11(12)16/h1-7H,(H2,17,18,20,23). The summed E-state index contributed by atoms with van der Waals surface area (Å²) in [6.07, 6.45) is 0. The molecule has 0 aliphatic heterocycles. The Morgan fingerprint density at radius 1 is 1.13 bits per heavy atom. The first-order valence-electron chi connectivity index (χ1n) is 6.18. The smallest absolute Gasteiger partial charge is 0.270 e. The van der Waals surface area contributed by atoms with E-state index >= 15 is 0 Å². The number of benzene rings is 2. The summed E-state index contributed by atoms with van der Waals surface area (Å²) in [6, 6.07) is 11.0. The van der Waals surface area contributed by atoms with Crippen LogP contribution in [-0.2, 0) is 0 Å². The van der Waals surface area contributed by atoms with Crippen LogP contribution < -0.4 is 10.6 Å². The van der Waals surface area contributed by atoms with Gasteiger partial charge in [-0.3, -0.25) is 20.2 Å². The molecule has 0 fully saturated rings. The van der Waals surface area contributed by atoms with Gasteiger partial charge in [0.1, 0.15) is 0 Å². The number of halogens is 2. The monoisotopic (exact) mass is 457 g/mol. The summed E-state index contributed by atoms with van der Waals surface area (Å²) in [4.78, 5) is 22.2. The summed E-state index contributed by atoms with van der Waals surface area (Å²) in [5.74, 6) is -0.354. The summed E-state index contributed by atoms with van der Waals surface area (Å²) in [5.41, 5.74) is 0.920. The molecule has 118 valence electrons. The first kappa shape index (κ1) is 17.5. The van der Waals surface area contributed by atoms with E-state index in [1.54, 1.807) is 24.3 Å². The first-order chi connectivity index (χ1) is 10.9. The molecule has 2 aromatic carbocycles. The third-order valence-electron chi connectivity index (χ3n) is 2.75. The van der Waals surface area contributed by atoms with Crippen LogP contribution in [0.25, 0.3) is 0 Å². The molecule has 0 saturated heterocycles. The van der Waals surface area contributed by atoms with Crippen LogP contribution in [0, 0.1) is 10.1 Å². The molecule has 2 rings (SSSR count). The lowest BCUT2D eigenvalue weighted by Crippen LogP contribution is -2.34. The van der Waals surface area contributed by atoms with Crippen molar-refractivity contribution in [3.8, 4) is 0 Å². The minimum absolute atomic E-state index is 0.0489. The van der Waals surface area contributed by atoms with Crippen molar-refractivity contribution in [3.05, 3.63) is 67.1 Å². The van der Waals surface area contributed by atoms with Gasteiger partial charge in [0.15, 0.2) is 5.11 Å². The molecule has 2 N–H and O–H groups in total. The van der Waals surface area contributed by atoms with Gasteiger partial charge >= 0.3 is 0 Å². The van der Waals surface area contributed by atoms with Crippen molar-refractivity contribution in [1.29, 1.82) is 0 Å². The largest absolute Gasteiger partial charge is 0.331 e. The lowest BCUT2D eigenvalue weighted by atomic mass is 10.2. The van der Waals surface area contributed by atoms with Crippen molar-refractivity contribution >= 4 is 66.5 Å². The van der Waals surface area contributed by atoms with Crippen LogP contribution in [0.15, 0.2) is 51.4 Å². The van der Waals surface area contributed by atoms with Gasteiger partial charge in [-0.2, -0.15) is 0 Å². The highest BCUT2D eigenvalue weighted by Gasteiger charge is 2.12. The van der Waals surface area contributed by atoms with Crippen molar-refractivity contribution < 1.29 is 9.72 Å². The number of carbonyl (C=O) groups is 1. The van der Waals surface area contributed by atoms with Crippen LogP contribution in [0.3, 0.4) is 0 Å². The zero-order valence-electron chi connectivity index (χ0n) is 11.4. The van der Waals surface area contributed by atoms with Gasteiger partial charge in [-0.1, -0.05) is 15.9 Å². The number of nitrogens with one attached hydrogen (secondary N) is 2. The molecular weight excluding hydrogens is 450 g/mol. The second kappa shape index (κ2) is 7.62. The maximum absolute atomic E-state index is 12.0. The number of rotatable bonds is 3. The number of carbonyl (C=O) groups excluding carboxylic acids is 1. The molecule has 6 nitrogen and oxygen atoms in total. The Bertz CT molecular complexity index is 781. The maximum Gasteiger partial charge on any atom is 0.270 e. The summed E-state index contributed by atoms with van der Waals surface area (Å²) >= 11 is 11.6. The van der Waals surface area contributed by atoms with Gasteiger partial charge in [0.05, 0.1) is 10.6 Å². The number of thiocarbonyl (C=S) groups is 1. The normalized spacial score (nSPS) is 10.0. The highest BCUT2D eigenvalue weighted by molar-refractivity contribution is 9.10. The molecule has 1 amide bonds. The molecule has 0 aliphatic rings. The average molecular weight is 459 g/mol. The molecule has 0 radical (unpaired) electrons. The van der Waals surface area contributed by atoms with Crippen LogP contribution >= 0.6 is 44.1 Å². The SMILES string of the molecule is O=C(NC(=S)Nc1ccc([N+](=O)[O-])cc1Br)c1ccc(Br)cc1. The Labute approximate surface area is 153 Å². The van der Waals surface area contributed by atoms with E-state index in [0.29, 0.717) is 15.7 Å². The van der Waals surface area contributed by atoms with Gasteiger partial charge in [-0.05, 0) is 58.5 Å². The van der Waals surface area contributed by atoms with Gasteiger partial charge < -0.3 is 5.32 Å². The summed E-state index contributed by atoms with van der Waals surface area (Å²) in [7, 11) is 0. The quantitative estimate of drug-likeness (QED) is 0.408. The zero-order chi connectivity index (χ0) is 17.0. The van der Waals surface area contributed by atoms with Crippen molar-refractivity contribution in [1.82, 2.24) is 5.32 Å². The molecule has 9 heteroatoms. The third kappa shape index (κ3) is 4.81. The van der Waals surface area contributed by atoms with Crippen molar-refractivity contribution in [2.24, 2.45) is 0 Å². The number of hydrogen-bond acceptors (Lipinski definition) is 4. The van der Waals surface area contributed by atoms with E-state index in [9.17, 15) is 14.9 Å². The Kier molecular flexibility index (Phi) is 5.80. The van der Waals surface area contributed by atoms with E-state index < -0.39 is 4.92 Å². The van der Waals surface area contributed by atoms with Crippen molar-refractivity contribution in [2.45, 2.75) is 0 Å². The van der Waals surface area contributed by atoms with E-state index in [1.807, 2.05) is 0 Å². The molecule has 0 bridgehead atoms. The lowest BCUT2D eigenvalue weighted by Gasteiger charge is -2.11. The van der Waals surface area contributed by atoms with Gasteiger partial charge in [0.2, 0.25) is 0 Å². The van der Waals surface area contributed by atoms with Crippen molar-refractivity contribution in [2.75, 3.05) is 5.32 Å². The predicted molar refractivity (Wildman–Crippen MR) is 98.6 cm³/mol. The van der Waals surface area contributed by atoms with Crippen molar-refractivity contribution in [3.63, 3.8) is 0 Å². The number of non-ortho nitro benzene ring substituents is 1. The minimum Gasteiger partial charge on any atom is -0.331 e. The second-order valence-corrected chi connectivity index (χ2v) is 6.51. The maximum atomic E-state index is 12.0. The molecule has 2 aromatic rings. The minimum atomic E-state index is -0.498. The zero-order valence-corrected chi connectivity index (χ0v) is 15.4. The van der Waals surface area contributed by atoms with E-state index in [1.165, 1.54) is 18.2 Å². The van der Waals surface area contributed by atoms with Crippen LogP contribution in [-0.4, -0.2) is 15.9 Å². The fraction of sp³-hybridized carbons (Fsp3) is 0. The fourth-order valence-corrected chi connectivity index (χ4v) is 2.58. The Morgan fingerprint density at radius 3 is 2.35 bits per heavy atom. The first-order valence-corrected chi connectivity index (χ1v) is 8.18. The number of nitrogens with zero attached hydrogens (tertiary/aromatic N) is 1. The Balaban J connectivity index is 2.03. The summed E-state index contributed by atoms with van der Waals surface area (Å²) < 4.78 is 1.33. The van der Waals surface area contributed by atoms with Gasteiger partial charge in [-0.25, -0.2) is 0 Å². The van der Waals surface area contributed by atoms with Crippen LogP contribution in [0.2, 0.25) is 0 Å². The molecule has 0 aliphatic carbocycles. The molecule has 0 spiro atoms. The van der Waals surface area contributed by atoms with Gasteiger partial charge in [-0.15, -0.1) is 0 Å². The Morgan fingerprint density at radius 2 is 1.78 bits per heavy atom. The fourth-order valence-electron chi connectivity index (χ4n) is 1.65. The molecule has 0 atom stereocenters. The van der Waals surface area contributed by atoms with Gasteiger partial charge in [0, 0.05) is 26.6 Å². The molecule has 23 heavy (non-hydrogen) atoms. The highest BCUT2D eigenvalue weighted by Crippen LogP contribution is 2.27. The molecule has 0 heterocycles. The van der Waals surface area contributed by atoms with Crippen LogP contribution in [0.5, 0.6) is 0 Å². The topological polar surface area (TPSA) is 84.3 Å². The molecule has 0 aromatic heterocycles. The number of nitro benzene ring substituents is 1. The molecule has 0 unspecified atom stereocenters. The number of hydrogen-bond donors (Lipinski definition) is 2. The summed E-state index contributed by atoms with van der Waals surface area (Å²) in [6.45, 7) is 0. The third-order valence-corrected chi connectivity index (χ3v) is 4.13. The average Bonchev–Trinajstić information content (AvgIpc) is 2.49. The van der Waals surface area contributed by atoms with E-state index in [0.717, 1.165) is 4.47 Å². The molecular formula is C14H9Br2N3O3S. The highest BCUT2D eigenvalue weighted by atomic mass is 79.9. The van der Waals surface area contributed by atoms with E-state index in [-0.39, 0.29) is 16.7 Å². The lowest BCUT2D eigenvalue weighted by molar-refractivity contribution is -0.384. The van der Waals surface area contributed by atoms with E-state index in [2.05, 4.69) is 42.5 Å².